The van der Waals surface area contributed by atoms with E-state index in [4.69, 9.17) is 11.6 Å². The first kappa shape index (κ1) is 9.96. The maximum absolute atomic E-state index is 11.8. The predicted molar refractivity (Wildman–Crippen MR) is 54.8 cm³/mol. The molecule has 0 spiro atoms. The highest BCUT2D eigenvalue weighted by Gasteiger charge is 2.28. The van der Waals surface area contributed by atoms with Crippen molar-refractivity contribution >= 4 is 21.6 Å². The second-order valence-corrected chi connectivity index (χ2v) is 5.59. The fourth-order valence-corrected chi connectivity index (χ4v) is 2.93. The summed E-state index contributed by atoms with van der Waals surface area (Å²) >= 11 is 5.68. The van der Waals surface area contributed by atoms with Crippen molar-refractivity contribution in [1.29, 1.82) is 0 Å². The molecular formula is C9H10ClNO2S. The molecule has 0 aliphatic carbocycles. The van der Waals surface area contributed by atoms with Crippen LogP contribution in [0.1, 0.15) is 6.42 Å². The third-order valence-corrected chi connectivity index (χ3v) is 4.43. The summed E-state index contributed by atoms with van der Waals surface area (Å²) in [5.74, 6) is 0. The van der Waals surface area contributed by atoms with E-state index in [9.17, 15) is 8.42 Å². The lowest BCUT2D eigenvalue weighted by atomic mass is 10.3. The van der Waals surface area contributed by atoms with Gasteiger partial charge in [-0.15, -0.1) is 0 Å². The van der Waals surface area contributed by atoms with E-state index in [0.29, 0.717) is 23.0 Å². The Kier molecular flexibility index (Phi) is 2.51. The van der Waals surface area contributed by atoms with Gasteiger partial charge in [-0.3, -0.25) is 0 Å². The molecule has 0 atom stereocenters. The van der Waals surface area contributed by atoms with E-state index < -0.39 is 10.0 Å². The number of sulfonamides is 1. The predicted octanol–water partition coefficient (Wildman–Crippen LogP) is 1.73. The molecule has 1 aliphatic heterocycles. The average Bonchev–Trinajstić information content (AvgIpc) is 2.00. The van der Waals surface area contributed by atoms with Crippen molar-refractivity contribution in [1.82, 2.24) is 4.31 Å². The Morgan fingerprint density at radius 2 is 1.71 bits per heavy atom. The summed E-state index contributed by atoms with van der Waals surface area (Å²) in [6, 6.07) is 6.26. The molecule has 0 unspecified atom stereocenters. The molecule has 5 heteroatoms. The van der Waals surface area contributed by atoms with E-state index in [0.717, 1.165) is 6.42 Å². The minimum Gasteiger partial charge on any atom is -0.207 e. The number of benzene rings is 1. The Morgan fingerprint density at radius 3 is 2.14 bits per heavy atom. The average molecular weight is 232 g/mol. The van der Waals surface area contributed by atoms with Crippen LogP contribution in [0, 0.1) is 0 Å². The van der Waals surface area contributed by atoms with Gasteiger partial charge >= 0.3 is 0 Å². The van der Waals surface area contributed by atoms with Crippen LogP contribution in [0.15, 0.2) is 29.2 Å². The number of halogens is 1. The third kappa shape index (κ3) is 1.65. The molecule has 0 amide bonds. The normalized spacial score (nSPS) is 17.8. The standard InChI is InChI=1S/C9H10ClNO2S/c10-8-2-4-9(5-3-8)14(12,13)11-6-1-7-11/h2-5H,1,6-7H2. The van der Waals surface area contributed by atoms with Gasteiger partial charge in [0.25, 0.3) is 0 Å². The summed E-state index contributed by atoms with van der Waals surface area (Å²) in [5, 5.41) is 0.549. The van der Waals surface area contributed by atoms with Crippen LogP contribution >= 0.6 is 11.6 Å². The summed E-state index contributed by atoms with van der Waals surface area (Å²) in [6.07, 6.45) is 0.951. The molecule has 0 saturated carbocycles. The fourth-order valence-electron chi connectivity index (χ4n) is 1.28. The van der Waals surface area contributed by atoms with Crippen LogP contribution in [0.4, 0.5) is 0 Å². The van der Waals surface area contributed by atoms with Crippen molar-refractivity contribution < 1.29 is 8.42 Å². The molecule has 14 heavy (non-hydrogen) atoms. The first-order valence-corrected chi connectivity index (χ1v) is 6.18. The molecule has 1 saturated heterocycles. The summed E-state index contributed by atoms with van der Waals surface area (Å²) in [4.78, 5) is 0.321. The van der Waals surface area contributed by atoms with Crippen molar-refractivity contribution in [3.63, 3.8) is 0 Å². The summed E-state index contributed by atoms with van der Waals surface area (Å²) in [6.45, 7) is 1.26. The molecule has 3 nitrogen and oxygen atoms in total. The Morgan fingerprint density at radius 1 is 1.14 bits per heavy atom. The molecule has 2 rings (SSSR count). The fraction of sp³-hybridized carbons (Fsp3) is 0.333. The molecule has 0 radical (unpaired) electrons. The topological polar surface area (TPSA) is 37.4 Å². The molecule has 1 aliphatic rings. The zero-order valence-corrected chi connectivity index (χ0v) is 9.05. The van der Waals surface area contributed by atoms with Crippen LogP contribution in [-0.4, -0.2) is 25.8 Å². The summed E-state index contributed by atoms with van der Waals surface area (Å²) in [7, 11) is -3.24. The van der Waals surface area contributed by atoms with Crippen molar-refractivity contribution in [3.8, 4) is 0 Å². The zero-order valence-electron chi connectivity index (χ0n) is 7.48. The first-order valence-electron chi connectivity index (χ1n) is 4.36. The molecule has 0 bridgehead atoms. The molecule has 1 heterocycles. The number of hydrogen-bond acceptors (Lipinski definition) is 2. The lowest BCUT2D eigenvalue weighted by molar-refractivity contribution is 0.309. The van der Waals surface area contributed by atoms with Crippen LogP contribution in [0.5, 0.6) is 0 Å². The van der Waals surface area contributed by atoms with E-state index in [1.54, 1.807) is 12.1 Å². The van der Waals surface area contributed by atoms with Crippen molar-refractivity contribution in [2.24, 2.45) is 0 Å². The zero-order chi connectivity index (χ0) is 10.2. The maximum Gasteiger partial charge on any atom is 0.243 e. The smallest absolute Gasteiger partial charge is 0.207 e. The van der Waals surface area contributed by atoms with Crippen LogP contribution in [-0.2, 0) is 10.0 Å². The van der Waals surface area contributed by atoms with Gasteiger partial charge in [0.2, 0.25) is 10.0 Å². The van der Waals surface area contributed by atoms with Gasteiger partial charge in [0, 0.05) is 18.1 Å². The van der Waals surface area contributed by atoms with Gasteiger partial charge < -0.3 is 0 Å². The van der Waals surface area contributed by atoms with Gasteiger partial charge in [0.05, 0.1) is 4.90 Å². The summed E-state index contributed by atoms with van der Waals surface area (Å²) in [5.41, 5.74) is 0. The second-order valence-electron chi connectivity index (χ2n) is 3.21. The molecule has 0 aromatic heterocycles. The molecule has 1 aromatic carbocycles. The minimum atomic E-state index is -3.24. The minimum absolute atomic E-state index is 0.321. The van der Waals surface area contributed by atoms with Gasteiger partial charge in [-0.2, -0.15) is 4.31 Å². The van der Waals surface area contributed by atoms with Crippen molar-refractivity contribution in [2.45, 2.75) is 11.3 Å². The maximum atomic E-state index is 11.8. The highest BCUT2D eigenvalue weighted by Crippen LogP contribution is 2.22. The van der Waals surface area contributed by atoms with Crippen LogP contribution < -0.4 is 0 Å². The van der Waals surface area contributed by atoms with Gasteiger partial charge in [0.15, 0.2) is 0 Å². The van der Waals surface area contributed by atoms with Crippen molar-refractivity contribution in [2.75, 3.05) is 13.1 Å². The second kappa shape index (κ2) is 3.53. The molecule has 1 fully saturated rings. The first-order chi connectivity index (χ1) is 6.60. The molecule has 0 N–H and O–H groups in total. The van der Waals surface area contributed by atoms with E-state index in [1.165, 1.54) is 16.4 Å². The van der Waals surface area contributed by atoms with Crippen LogP contribution in [0.25, 0.3) is 0 Å². The molecule has 1 aromatic rings. The number of rotatable bonds is 2. The largest absolute Gasteiger partial charge is 0.243 e. The van der Waals surface area contributed by atoms with Gasteiger partial charge in [-0.05, 0) is 30.7 Å². The monoisotopic (exact) mass is 231 g/mol. The van der Waals surface area contributed by atoms with Crippen LogP contribution in [0.3, 0.4) is 0 Å². The van der Waals surface area contributed by atoms with Gasteiger partial charge in [0.1, 0.15) is 0 Å². The highest BCUT2D eigenvalue weighted by molar-refractivity contribution is 7.89. The highest BCUT2D eigenvalue weighted by atomic mass is 35.5. The van der Waals surface area contributed by atoms with E-state index in [2.05, 4.69) is 0 Å². The van der Waals surface area contributed by atoms with Crippen LogP contribution in [0.2, 0.25) is 5.02 Å². The van der Waals surface area contributed by atoms with Crippen molar-refractivity contribution in [3.05, 3.63) is 29.3 Å². The number of nitrogens with zero attached hydrogens (tertiary/aromatic N) is 1. The Hall–Kier alpha value is -0.580. The summed E-state index contributed by atoms with van der Waals surface area (Å²) < 4.78 is 25.1. The van der Waals surface area contributed by atoms with E-state index in [1.807, 2.05) is 0 Å². The Balaban J connectivity index is 2.34. The Bertz CT molecular complexity index is 423. The SMILES string of the molecule is O=S(=O)(c1ccc(Cl)cc1)N1CCC1. The lowest BCUT2D eigenvalue weighted by Crippen LogP contribution is -2.41. The third-order valence-electron chi connectivity index (χ3n) is 2.27. The van der Waals surface area contributed by atoms with Gasteiger partial charge in [-0.25, -0.2) is 8.42 Å². The quantitative estimate of drug-likeness (QED) is 0.778. The number of hydrogen-bond donors (Lipinski definition) is 0. The van der Waals surface area contributed by atoms with E-state index in [-0.39, 0.29) is 0 Å². The lowest BCUT2D eigenvalue weighted by Gasteiger charge is -2.29. The van der Waals surface area contributed by atoms with E-state index >= 15 is 0 Å². The molecule has 76 valence electrons. The Labute approximate surface area is 88.3 Å². The molecular weight excluding hydrogens is 222 g/mol. The van der Waals surface area contributed by atoms with Gasteiger partial charge in [-0.1, -0.05) is 11.6 Å².